The van der Waals surface area contributed by atoms with Gasteiger partial charge in [-0.1, -0.05) is 127 Å². The molecule has 2 atom stereocenters. The summed E-state index contributed by atoms with van der Waals surface area (Å²) >= 11 is 1.87. The molecule has 0 spiro atoms. The first-order valence-corrected chi connectivity index (χ1v) is 20.5. The highest BCUT2D eigenvalue weighted by Crippen LogP contribution is 2.45. The van der Waals surface area contributed by atoms with Crippen molar-refractivity contribution in [3.8, 4) is 16.8 Å². The number of aromatic nitrogens is 1. The Kier molecular flexibility index (Phi) is 7.37. The van der Waals surface area contributed by atoms with Crippen LogP contribution in [-0.2, 0) is 6.42 Å². The van der Waals surface area contributed by atoms with E-state index in [2.05, 4.69) is 173 Å². The second-order valence-electron chi connectivity index (χ2n) is 15.1. The monoisotopic (exact) mass is 752 g/mol. The van der Waals surface area contributed by atoms with Gasteiger partial charge in [-0.05, 0) is 77.6 Å². The number of aryl methyl sites for hydroxylation is 1. The molecular weight excluding hydrogens is 717 g/mol. The van der Waals surface area contributed by atoms with Crippen molar-refractivity contribution in [1.29, 1.82) is 0 Å². The van der Waals surface area contributed by atoms with Gasteiger partial charge in [0.25, 0.3) is 0 Å². The Hall–Kier alpha value is -6.73. The number of hydrogen-bond donors (Lipinski definition) is 2. The van der Waals surface area contributed by atoms with Crippen LogP contribution in [-0.4, -0.2) is 10.4 Å². The van der Waals surface area contributed by atoms with Crippen LogP contribution in [0.2, 0.25) is 0 Å². The van der Waals surface area contributed by atoms with E-state index in [1.54, 1.807) is 0 Å². The molecule has 2 unspecified atom stereocenters. The van der Waals surface area contributed by atoms with Crippen LogP contribution in [0.1, 0.15) is 46.7 Å². The fraction of sp³-hybridized carbons (Fsp3) is 0.0784. The minimum absolute atomic E-state index is 0.107. The minimum atomic E-state index is -0.271. The minimum Gasteiger partial charge on any atom is -0.456 e. The SMILES string of the molecule is C1=Cc2c(c3ccccc3n2-c2ccc3sc4c(-c5cccc6oc7cc(C8N=C(c9ccccc9)NC(c9ccccc9)N8)ccc7c56)cccc4c3c2)CC1. The lowest BCUT2D eigenvalue weighted by Crippen LogP contribution is -2.44. The number of nitrogens with zero attached hydrogens (tertiary/aromatic N) is 2. The van der Waals surface area contributed by atoms with E-state index < -0.39 is 0 Å². The Morgan fingerprint density at radius 3 is 2.37 bits per heavy atom. The highest BCUT2D eigenvalue weighted by molar-refractivity contribution is 7.26. The van der Waals surface area contributed by atoms with Crippen LogP contribution in [0.4, 0.5) is 0 Å². The van der Waals surface area contributed by atoms with Gasteiger partial charge in [0.15, 0.2) is 0 Å². The highest BCUT2D eigenvalue weighted by Gasteiger charge is 2.27. The van der Waals surface area contributed by atoms with Gasteiger partial charge in [0.05, 0.1) is 5.52 Å². The molecule has 1 aliphatic heterocycles. The molecule has 0 fully saturated rings. The standard InChI is InChI=1S/C51H36N4OS/c1-3-13-31(14-4-1)49-52-50(32-15-5-2-6-16-32)54-51(53-49)33-25-27-40-45(29-33)56-44-24-12-19-37(47(40)44)38-20-11-21-39-41-30-34(26-28-46(41)57-48(38)39)55-42-22-9-7-17-35(42)36-18-8-10-23-43(36)55/h1-7,9-17,19-30,49,51,53H,8,18H2,(H,52,54). The maximum Gasteiger partial charge on any atom is 0.136 e. The second-order valence-corrected chi connectivity index (χ2v) is 16.1. The molecule has 1 aliphatic carbocycles. The van der Waals surface area contributed by atoms with Gasteiger partial charge >= 0.3 is 0 Å². The molecule has 57 heavy (non-hydrogen) atoms. The topological polar surface area (TPSA) is 54.5 Å². The van der Waals surface area contributed by atoms with Crippen molar-refractivity contribution < 1.29 is 4.42 Å². The number of furan rings is 1. The van der Waals surface area contributed by atoms with Crippen LogP contribution in [0.3, 0.4) is 0 Å². The molecule has 12 rings (SSSR count). The molecular formula is C51H36N4OS. The van der Waals surface area contributed by atoms with Gasteiger partial charge in [0, 0.05) is 58.8 Å². The van der Waals surface area contributed by atoms with Gasteiger partial charge in [-0.25, -0.2) is 4.99 Å². The molecule has 272 valence electrons. The summed E-state index contributed by atoms with van der Waals surface area (Å²) in [5, 5.41) is 13.5. The molecule has 0 bridgehead atoms. The number of amidine groups is 1. The number of hydrogen-bond acceptors (Lipinski definition) is 5. The summed E-state index contributed by atoms with van der Waals surface area (Å²) in [6.07, 6.45) is 6.41. The van der Waals surface area contributed by atoms with E-state index in [1.165, 1.54) is 59.1 Å². The van der Waals surface area contributed by atoms with Gasteiger partial charge in [-0.15, -0.1) is 11.3 Å². The van der Waals surface area contributed by atoms with Crippen LogP contribution >= 0.6 is 11.3 Å². The molecule has 2 N–H and O–H groups in total. The van der Waals surface area contributed by atoms with Crippen LogP contribution in [0.15, 0.2) is 173 Å². The largest absolute Gasteiger partial charge is 0.456 e. The van der Waals surface area contributed by atoms with Crippen LogP contribution < -0.4 is 10.6 Å². The number of benzene rings is 7. The van der Waals surface area contributed by atoms with E-state index >= 15 is 0 Å². The van der Waals surface area contributed by atoms with E-state index in [1.807, 2.05) is 23.5 Å². The zero-order valence-corrected chi connectivity index (χ0v) is 31.8. The maximum absolute atomic E-state index is 6.68. The normalized spacial score (nSPS) is 16.7. The van der Waals surface area contributed by atoms with E-state index in [0.29, 0.717) is 0 Å². The van der Waals surface area contributed by atoms with Gasteiger partial charge in [0.2, 0.25) is 0 Å². The van der Waals surface area contributed by atoms with Crippen LogP contribution in [0.5, 0.6) is 0 Å². The number of fused-ring (bicyclic) bond motifs is 9. The first kappa shape index (κ1) is 32.5. The molecule has 2 aliphatic rings. The predicted molar refractivity (Wildman–Crippen MR) is 237 cm³/mol. The Morgan fingerprint density at radius 1 is 0.649 bits per heavy atom. The molecule has 0 amide bonds. The van der Waals surface area contributed by atoms with Crippen LogP contribution in [0.25, 0.3) is 75.9 Å². The molecule has 5 nitrogen and oxygen atoms in total. The fourth-order valence-electron chi connectivity index (χ4n) is 9.13. The lowest BCUT2D eigenvalue weighted by molar-refractivity contribution is 0.409. The van der Waals surface area contributed by atoms with Gasteiger partial charge in [-0.3, -0.25) is 5.32 Å². The van der Waals surface area contributed by atoms with Crippen molar-refractivity contribution in [2.45, 2.75) is 25.2 Å². The Bertz CT molecular complexity index is 3260. The molecule has 0 saturated heterocycles. The Labute approximate surface area is 333 Å². The number of para-hydroxylation sites is 1. The van der Waals surface area contributed by atoms with E-state index in [0.717, 1.165) is 57.3 Å². The lowest BCUT2D eigenvalue weighted by atomic mass is 9.97. The number of nitrogens with one attached hydrogen (secondary N) is 2. The van der Waals surface area contributed by atoms with E-state index in [4.69, 9.17) is 9.41 Å². The summed E-state index contributed by atoms with van der Waals surface area (Å²) in [6, 6.07) is 56.5. The third kappa shape index (κ3) is 5.22. The summed E-state index contributed by atoms with van der Waals surface area (Å²) in [5.41, 5.74) is 12.6. The van der Waals surface area contributed by atoms with E-state index in [-0.39, 0.29) is 12.3 Å². The molecule has 0 radical (unpaired) electrons. The predicted octanol–water partition coefficient (Wildman–Crippen LogP) is 12.9. The van der Waals surface area contributed by atoms with Crippen molar-refractivity contribution >= 4 is 76.3 Å². The summed E-state index contributed by atoms with van der Waals surface area (Å²) < 4.78 is 11.7. The summed E-state index contributed by atoms with van der Waals surface area (Å²) in [7, 11) is 0. The van der Waals surface area contributed by atoms with Gasteiger partial charge in [0.1, 0.15) is 29.3 Å². The Morgan fingerprint density at radius 2 is 1.46 bits per heavy atom. The molecule has 6 heteroatoms. The quantitative estimate of drug-likeness (QED) is 0.184. The lowest BCUT2D eigenvalue weighted by Gasteiger charge is -2.32. The van der Waals surface area contributed by atoms with Crippen molar-refractivity contribution in [2.24, 2.45) is 4.99 Å². The van der Waals surface area contributed by atoms with Crippen molar-refractivity contribution in [2.75, 3.05) is 0 Å². The smallest absolute Gasteiger partial charge is 0.136 e. The molecule has 10 aromatic rings. The van der Waals surface area contributed by atoms with E-state index in [9.17, 15) is 0 Å². The summed E-state index contributed by atoms with van der Waals surface area (Å²) in [4.78, 5) is 5.19. The number of thiophene rings is 1. The average Bonchev–Trinajstić information content (AvgIpc) is 3.96. The fourth-order valence-corrected chi connectivity index (χ4v) is 10.3. The third-order valence-electron chi connectivity index (χ3n) is 11.8. The van der Waals surface area contributed by atoms with Crippen molar-refractivity contribution in [3.63, 3.8) is 0 Å². The Balaban J connectivity index is 0.968. The van der Waals surface area contributed by atoms with Gasteiger partial charge in [-0.2, -0.15) is 0 Å². The first-order chi connectivity index (χ1) is 28.2. The van der Waals surface area contributed by atoms with Crippen molar-refractivity contribution in [1.82, 2.24) is 15.2 Å². The second kappa shape index (κ2) is 12.9. The summed E-state index contributed by atoms with van der Waals surface area (Å²) in [5.74, 6) is 0.863. The third-order valence-corrected chi connectivity index (χ3v) is 13.0. The van der Waals surface area contributed by atoms with Crippen molar-refractivity contribution in [3.05, 3.63) is 192 Å². The number of rotatable bonds is 5. The zero-order chi connectivity index (χ0) is 37.5. The number of allylic oxidation sites excluding steroid dienone is 1. The average molecular weight is 753 g/mol. The zero-order valence-electron chi connectivity index (χ0n) is 30.9. The highest BCUT2D eigenvalue weighted by atomic mass is 32.1. The van der Waals surface area contributed by atoms with Gasteiger partial charge < -0.3 is 14.3 Å². The molecule has 0 saturated carbocycles. The maximum atomic E-state index is 6.68. The molecule has 4 heterocycles. The summed E-state index contributed by atoms with van der Waals surface area (Å²) in [6.45, 7) is 0. The first-order valence-electron chi connectivity index (χ1n) is 19.7. The molecule has 3 aromatic heterocycles. The molecule has 7 aromatic carbocycles. The van der Waals surface area contributed by atoms with Crippen LogP contribution in [0, 0.1) is 0 Å². The number of aliphatic imine (C=N–C) groups is 1.